The minimum atomic E-state index is -0.835. The molecule has 0 saturated heterocycles. The van der Waals surface area contributed by atoms with E-state index in [4.69, 9.17) is 19.9 Å². The topological polar surface area (TPSA) is 143 Å². The van der Waals surface area contributed by atoms with E-state index in [1.54, 1.807) is 24.8 Å². The van der Waals surface area contributed by atoms with E-state index in [1.165, 1.54) is 0 Å². The Morgan fingerprint density at radius 1 is 0.429 bits per heavy atom. The van der Waals surface area contributed by atoms with Crippen LogP contribution in [0.3, 0.4) is 0 Å². The van der Waals surface area contributed by atoms with E-state index >= 15 is 0 Å². The Bertz CT molecular complexity index is 3490. The van der Waals surface area contributed by atoms with Crippen molar-refractivity contribution in [2.45, 2.75) is 10.8 Å². The second kappa shape index (κ2) is 17.4. The van der Waals surface area contributed by atoms with E-state index in [2.05, 4.69) is 90.9 Å². The fraction of sp³-hybridized carbons (Fsp3) is 0.0741. The molecule has 0 atom stereocenters. The van der Waals surface area contributed by atoms with Crippen LogP contribution in [0, 0.1) is 12.1 Å². The van der Waals surface area contributed by atoms with Crippen molar-refractivity contribution >= 4 is 46.4 Å². The Hall–Kier alpha value is -8.10. The van der Waals surface area contributed by atoms with Gasteiger partial charge in [-0.25, -0.2) is 0 Å². The molecule has 0 fully saturated rings. The van der Waals surface area contributed by atoms with Crippen LogP contribution < -0.4 is 19.3 Å². The zero-order valence-corrected chi connectivity index (χ0v) is 41.6. The van der Waals surface area contributed by atoms with Gasteiger partial charge in [0.1, 0.15) is 11.4 Å². The summed E-state index contributed by atoms with van der Waals surface area (Å²) in [7, 11) is 3.92. The van der Waals surface area contributed by atoms with E-state index in [0.29, 0.717) is 0 Å². The van der Waals surface area contributed by atoms with Crippen LogP contribution in [-0.2, 0) is 53.0 Å². The van der Waals surface area contributed by atoms with Gasteiger partial charge < -0.3 is 20.4 Å². The summed E-state index contributed by atoms with van der Waals surface area (Å²) in [6, 6.07) is 54.1. The maximum atomic E-state index is 4.86. The molecule has 0 unspecified atom stereocenters. The minimum Gasteiger partial charge on any atom is -0.581 e. The van der Waals surface area contributed by atoms with Crippen LogP contribution in [0.4, 0.5) is 34.4 Å². The molecule has 0 bridgehead atoms. The van der Waals surface area contributed by atoms with Crippen LogP contribution in [0.2, 0.25) is 0 Å². The Morgan fingerprint density at radius 2 is 0.786 bits per heavy atom. The van der Waals surface area contributed by atoms with Gasteiger partial charge in [0, 0.05) is 83.0 Å². The number of rotatable bonds is 6. The second-order valence-electron chi connectivity index (χ2n) is 16.5. The molecule has 14 nitrogen and oxygen atoms in total. The summed E-state index contributed by atoms with van der Waals surface area (Å²) in [6.07, 6.45) is 14.3. The smallest absolute Gasteiger partial charge is 0.581 e. The summed E-state index contributed by atoms with van der Waals surface area (Å²) in [5.74, 6) is 1.62. The zero-order chi connectivity index (χ0) is 45.4. The molecule has 4 aliphatic rings. The molecule has 0 spiro atoms. The van der Waals surface area contributed by atoms with Gasteiger partial charge in [0.2, 0.25) is 0 Å². The summed E-state index contributed by atoms with van der Waals surface area (Å²) < 4.78 is 7.72. The molecule has 2 aliphatic heterocycles. The van der Waals surface area contributed by atoms with Gasteiger partial charge in [0.05, 0.1) is 33.6 Å². The molecule has 8 aromatic heterocycles. The Morgan fingerprint density at radius 3 is 1.14 bits per heavy atom. The van der Waals surface area contributed by atoms with Crippen molar-refractivity contribution in [2.24, 2.45) is 0 Å². The number of pyridine rings is 6. The number of nitrogens with zero attached hydrogens (tertiary/aromatic N) is 14. The number of hydrogen-bond donors (Lipinski definition) is 0. The van der Waals surface area contributed by atoms with Gasteiger partial charge in [-0.3, -0.25) is 19.9 Å². The van der Waals surface area contributed by atoms with E-state index in [0.717, 1.165) is 102 Å². The maximum Gasteiger partial charge on any atom is 2.00 e. The van der Waals surface area contributed by atoms with E-state index in [1.807, 2.05) is 142 Å². The predicted molar refractivity (Wildman–Crippen MR) is 252 cm³/mol. The van der Waals surface area contributed by atoms with Gasteiger partial charge in [0.25, 0.3) is 0 Å². The van der Waals surface area contributed by atoms with Crippen LogP contribution in [0.15, 0.2) is 171 Å². The maximum absolute atomic E-state index is 4.86. The van der Waals surface area contributed by atoms with Crippen molar-refractivity contribution in [2.75, 3.05) is 14.1 Å². The van der Waals surface area contributed by atoms with Crippen LogP contribution in [0.1, 0.15) is 45.3 Å². The summed E-state index contributed by atoms with van der Waals surface area (Å²) in [5, 5.41) is 17.4. The van der Waals surface area contributed by atoms with E-state index < -0.39 is 10.8 Å². The SMILES string of the molecule is C[N+]1=C=[N+](c2[c-]c(C3(c4cc[n-]n4)c4ncccc4-c4cccnc43)ccc2)c2ncccc21.C[N+]1=C=[N+](c2[c-]c(C3(c4cc[n-]n4)c4ncccc4-c4cccnc43)ccc2)c2ncccc21.[Pt+2].[Pt+2]. The number of hydrogen-bond acceptors (Lipinski definition) is 8. The first-order chi connectivity index (χ1) is 33.6. The van der Waals surface area contributed by atoms with Crippen LogP contribution in [0.25, 0.3) is 22.3 Å². The van der Waals surface area contributed by atoms with Crippen LogP contribution >= 0.6 is 0 Å². The quantitative estimate of drug-likeness (QED) is 0.122. The van der Waals surface area contributed by atoms with Gasteiger partial charge in [-0.2, -0.15) is 46.6 Å². The average Bonchev–Trinajstić information content (AvgIpc) is 4.28. The molecule has 70 heavy (non-hydrogen) atoms. The number of benzene rings is 2. The largest absolute Gasteiger partial charge is 2.00 e. The minimum absolute atomic E-state index is 0. The predicted octanol–water partition coefficient (Wildman–Crippen LogP) is 7.36. The Kier molecular flexibility index (Phi) is 11.1. The normalized spacial score (nSPS) is 14.3. The summed E-state index contributed by atoms with van der Waals surface area (Å²) in [6.45, 7) is 0. The van der Waals surface area contributed by atoms with Crippen molar-refractivity contribution < 1.29 is 51.3 Å². The standard InChI is InChI=1S/2C27H17N7.2Pt/c2*1-33-17-34(26-22(33)10-5-14-30-26)19-7-2-6-18(16-19)27(23-11-15-31-32-23)24-20(8-3-12-28-24)21-9-4-13-29-25(21)27;;/h2*2-15H,1H3;;/q;;2*+2. The first kappa shape index (κ1) is 44.4. The molecule has 336 valence electrons. The molecule has 0 amide bonds. The zero-order valence-electron chi connectivity index (χ0n) is 37.1. The third-order valence-electron chi connectivity index (χ3n) is 13.0. The molecule has 10 heterocycles. The summed E-state index contributed by atoms with van der Waals surface area (Å²) in [5.41, 5.74) is 12.9. The average molecular weight is 1270 g/mol. The molecule has 2 aliphatic carbocycles. The van der Waals surface area contributed by atoms with Gasteiger partial charge in [-0.1, -0.05) is 66.8 Å². The molecular formula is C54H34N14Pt2+4. The van der Waals surface area contributed by atoms with Gasteiger partial charge in [-0.05, 0) is 36.4 Å². The van der Waals surface area contributed by atoms with Crippen LogP contribution in [-0.4, -0.2) is 75.4 Å². The Labute approximate surface area is 429 Å². The van der Waals surface area contributed by atoms with Gasteiger partial charge in [-0.15, -0.1) is 23.3 Å². The molecule has 16 heteroatoms. The van der Waals surface area contributed by atoms with Gasteiger partial charge >= 0.3 is 77.2 Å². The van der Waals surface area contributed by atoms with E-state index in [9.17, 15) is 0 Å². The molecule has 0 N–H and O–H groups in total. The van der Waals surface area contributed by atoms with E-state index in [-0.39, 0.29) is 42.1 Å². The van der Waals surface area contributed by atoms with Crippen LogP contribution in [0.5, 0.6) is 0 Å². The summed E-state index contributed by atoms with van der Waals surface area (Å²) >= 11 is 0. The van der Waals surface area contributed by atoms with Crippen molar-refractivity contribution in [1.29, 1.82) is 0 Å². The van der Waals surface area contributed by atoms with Crippen molar-refractivity contribution in [3.63, 3.8) is 0 Å². The third-order valence-corrected chi connectivity index (χ3v) is 13.0. The monoisotopic (exact) mass is 1270 g/mol. The van der Waals surface area contributed by atoms with Crippen molar-refractivity contribution in [3.05, 3.63) is 228 Å². The number of aromatic nitrogens is 10. The molecule has 2 aromatic carbocycles. The second-order valence-corrected chi connectivity index (χ2v) is 16.5. The number of fused-ring (bicyclic) bond motifs is 8. The first-order valence-corrected chi connectivity index (χ1v) is 21.8. The van der Waals surface area contributed by atoms with Crippen molar-refractivity contribution in [3.8, 4) is 22.3 Å². The first-order valence-electron chi connectivity index (χ1n) is 21.8. The third kappa shape index (κ3) is 6.42. The van der Waals surface area contributed by atoms with Gasteiger partial charge in [0.15, 0.2) is 14.1 Å². The summed E-state index contributed by atoms with van der Waals surface area (Å²) in [4.78, 5) is 28.6. The molecule has 14 rings (SSSR count). The molecule has 0 saturated carbocycles. The molecule has 10 aromatic rings. The molecule has 0 radical (unpaired) electrons. The fourth-order valence-corrected chi connectivity index (χ4v) is 10.1. The Balaban J connectivity index is 0.000000148. The molecular weight excluding hydrogens is 1230 g/mol. The fourth-order valence-electron chi connectivity index (χ4n) is 10.1. The van der Waals surface area contributed by atoms with Crippen molar-refractivity contribution in [1.82, 2.24) is 59.4 Å².